The van der Waals surface area contributed by atoms with E-state index in [2.05, 4.69) is 4.74 Å². The van der Waals surface area contributed by atoms with Crippen LogP contribution in [0.15, 0.2) is 24.3 Å². The highest BCUT2D eigenvalue weighted by Crippen LogP contribution is 2.18. The summed E-state index contributed by atoms with van der Waals surface area (Å²) in [6.45, 7) is -0.475. The number of halogens is 3. The Morgan fingerprint density at radius 2 is 1.80 bits per heavy atom. The zero-order valence-electron chi connectivity index (χ0n) is 8.04. The van der Waals surface area contributed by atoms with E-state index in [1.807, 2.05) is 0 Å². The van der Waals surface area contributed by atoms with Gasteiger partial charge in [0.2, 0.25) is 0 Å². The molecule has 0 aliphatic rings. The maximum absolute atomic E-state index is 11.7. The van der Waals surface area contributed by atoms with Gasteiger partial charge in [-0.3, -0.25) is 4.74 Å². The van der Waals surface area contributed by atoms with Crippen molar-refractivity contribution in [2.45, 2.75) is 13.0 Å². The average molecular weight is 217 g/mol. The zero-order chi connectivity index (χ0) is 11.3. The van der Waals surface area contributed by atoms with Crippen molar-refractivity contribution < 1.29 is 22.6 Å². The summed E-state index contributed by atoms with van der Waals surface area (Å²) in [6, 6.07) is 6.41. The normalized spacial score (nSPS) is 11.5. The molecular weight excluding hydrogens is 208 g/mol. The van der Waals surface area contributed by atoms with Crippen molar-refractivity contribution in [3.63, 3.8) is 0 Å². The predicted octanol–water partition coefficient (Wildman–Crippen LogP) is 1.61. The minimum absolute atomic E-state index is 0.459. The van der Waals surface area contributed by atoms with Gasteiger partial charge in [0.15, 0.2) is 0 Å². The second kappa shape index (κ2) is 5.18. The van der Waals surface area contributed by atoms with Crippen LogP contribution >= 0.6 is 0 Å². The van der Waals surface area contributed by atoms with Crippen LogP contribution in [-0.4, -0.2) is 21.0 Å². The lowest BCUT2D eigenvalue weighted by atomic mass is 9.88. The lowest BCUT2D eigenvalue weighted by Crippen LogP contribution is -2.16. The van der Waals surface area contributed by atoms with Crippen LogP contribution in [0.1, 0.15) is 5.56 Å². The van der Waals surface area contributed by atoms with E-state index in [0.717, 1.165) is 5.46 Å². The maximum atomic E-state index is 11.7. The largest absolute Gasteiger partial charge is 0.522 e. The molecule has 6 heteroatoms. The molecule has 0 saturated heterocycles. The first-order valence-electron chi connectivity index (χ1n) is 4.17. The zero-order valence-corrected chi connectivity index (χ0v) is 8.04. The van der Waals surface area contributed by atoms with Crippen molar-refractivity contribution >= 4 is 12.9 Å². The van der Waals surface area contributed by atoms with Crippen LogP contribution < -0.4 is 5.46 Å². The highest BCUT2D eigenvalue weighted by Gasteiger charge is 2.28. The predicted molar refractivity (Wildman–Crippen MR) is 49.7 cm³/mol. The van der Waals surface area contributed by atoms with Crippen LogP contribution in [0.4, 0.5) is 13.2 Å². The Hall–Kier alpha value is -1.01. The smallest absolute Gasteiger partial charge is 0.437 e. The van der Waals surface area contributed by atoms with Crippen LogP contribution in [0, 0.1) is 0 Å². The molecular formula is C9H9BF3O2. The minimum Gasteiger partial charge on any atom is -0.437 e. The van der Waals surface area contributed by atoms with Crippen molar-refractivity contribution in [2.75, 3.05) is 7.11 Å². The SMILES string of the molecule is CO[B]c1ccc(COC(F)(F)F)cc1. The van der Waals surface area contributed by atoms with Crippen LogP contribution in [0.5, 0.6) is 0 Å². The molecule has 0 amide bonds. The van der Waals surface area contributed by atoms with Gasteiger partial charge in [-0.15, -0.1) is 13.2 Å². The number of hydrogen-bond acceptors (Lipinski definition) is 2. The fraction of sp³-hybridized carbons (Fsp3) is 0.333. The number of alkyl halides is 3. The molecule has 0 unspecified atom stereocenters. The highest BCUT2D eigenvalue weighted by atomic mass is 19.4. The van der Waals surface area contributed by atoms with Crippen LogP contribution in [0.25, 0.3) is 0 Å². The van der Waals surface area contributed by atoms with Crippen molar-refractivity contribution in [3.8, 4) is 0 Å². The molecule has 1 radical (unpaired) electrons. The number of ether oxygens (including phenoxy) is 1. The van der Waals surface area contributed by atoms with Crippen molar-refractivity contribution in [2.24, 2.45) is 0 Å². The summed E-state index contributed by atoms with van der Waals surface area (Å²) in [6.07, 6.45) is -4.59. The van der Waals surface area contributed by atoms with Gasteiger partial charge in [0.1, 0.15) is 0 Å². The molecule has 0 aliphatic heterocycles. The first-order valence-corrected chi connectivity index (χ1v) is 4.17. The van der Waals surface area contributed by atoms with E-state index in [1.54, 1.807) is 24.3 Å². The van der Waals surface area contributed by atoms with Crippen LogP contribution in [0.3, 0.4) is 0 Å². The molecule has 2 nitrogen and oxygen atoms in total. The third-order valence-corrected chi connectivity index (χ3v) is 1.64. The van der Waals surface area contributed by atoms with Gasteiger partial charge >= 0.3 is 13.8 Å². The summed E-state index contributed by atoms with van der Waals surface area (Å²) >= 11 is 0. The first kappa shape index (κ1) is 12.1. The van der Waals surface area contributed by atoms with Crippen molar-refractivity contribution in [1.29, 1.82) is 0 Å². The average Bonchev–Trinajstić information content (AvgIpc) is 2.16. The van der Waals surface area contributed by atoms with E-state index < -0.39 is 13.0 Å². The lowest BCUT2D eigenvalue weighted by molar-refractivity contribution is -0.330. The summed E-state index contributed by atoms with van der Waals surface area (Å²) in [4.78, 5) is 0. The van der Waals surface area contributed by atoms with Gasteiger partial charge in [0.05, 0.1) is 6.61 Å². The topological polar surface area (TPSA) is 18.5 Å². The Morgan fingerprint density at radius 1 is 1.20 bits per heavy atom. The van der Waals surface area contributed by atoms with Gasteiger partial charge in [-0.05, 0) is 5.56 Å². The number of hydrogen-bond donors (Lipinski definition) is 0. The quantitative estimate of drug-likeness (QED) is 0.713. The maximum Gasteiger partial charge on any atom is 0.522 e. The van der Waals surface area contributed by atoms with Crippen molar-refractivity contribution in [1.82, 2.24) is 0 Å². The second-order valence-electron chi connectivity index (χ2n) is 2.83. The van der Waals surface area contributed by atoms with Gasteiger partial charge in [-0.2, -0.15) is 0 Å². The molecule has 1 rings (SSSR count). The van der Waals surface area contributed by atoms with Gasteiger partial charge in [0.25, 0.3) is 0 Å². The van der Waals surface area contributed by atoms with E-state index in [9.17, 15) is 13.2 Å². The molecule has 1 aromatic rings. The molecule has 0 heterocycles. The number of rotatable bonds is 4. The van der Waals surface area contributed by atoms with E-state index in [0.29, 0.717) is 5.56 Å². The van der Waals surface area contributed by atoms with E-state index in [4.69, 9.17) is 4.65 Å². The molecule has 0 bridgehead atoms. The van der Waals surface area contributed by atoms with Gasteiger partial charge in [-0.1, -0.05) is 29.7 Å². The molecule has 0 fully saturated rings. The minimum atomic E-state index is -4.59. The third kappa shape index (κ3) is 4.85. The second-order valence-corrected chi connectivity index (χ2v) is 2.83. The Labute approximate surface area is 86.3 Å². The van der Waals surface area contributed by atoms with Crippen LogP contribution in [-0.2, 0) is 16.0 Å². The fourth-order valence-electron chi connectivity index (χ4n) is 0.994. The highest BCUT2D eigenvalue weighted by molar-refractivity contribution is 6.46. The monoisotopic (exact) mass is 217 g/mol. The Balaban J connectivity index is 2.50. The lowest BCUT2D eigenvalue weighted by Gasteiger charge is -2.07. The number of benzene rings is 1. The molecule has 0 atom stereocenters. The summed E-state index contributed by atoms with van der Waals surface area (Å²) in [7, 11) is 3.00. The molecule has 0 aliphatic carbocycles. The molecule has 0 saturated carbocycles. The summed E-state index contributed by atoms with van der Waals surface area (Å²) in [5.74, 6) is 0. The van der Waals surface area contributed by atoms with E-state index in [-0.39, 0.29) is 0 Å². The molecule has 0 spiro atoms. The first-order chi connectivity index (χ1) is 7.01. The van der Waals surface area contributed by atoms with E-state index >= 15 is 0 Å². The van der Waals surface area contributed by atoms with Gasteiger partial charge in [0, 0.05) is 7.11 Å². The van der Waals surface area contributed by atoms with Crippen molar-refractivity contribution in [3.05, 3.63) is 29.8 Å². The molecule has 1 aromatic carbocycles. The van der Waals surface area contributed by atoms with Gasteiger partial charge < -0.3 is 4.65 Å². The Morgan fingerprint density at radius 3 is 2.27 bits per heavy atom. The van der Waals surface area contributed by atoms with Crippen LogP contribution in [0.2, 0.25) is 0 Å². The molecule has 15 heavy (non-hydrogen) atoms. The standard InChI is InChI=1S/C9H9BF3O2/c1-14-10-8-4-2-7(3-5-8)6-15-9(11,12)13/h2-5H,6H2,1H3. The third-order valence-electron chi connectivity index (χ3n) is 1.64. The van der Waals surface area contributed by atoms with Gasteiger partial charge in [-0.25, -0.2) is 0 Å². The summed E-state index contributed by atoms with van der Waals surface area (Å²) in [5, 5.41) is 0. The molecule has 81 valence electrons. The molecule has 0 N–H and O–H groups in total. The Kier molecular flexibility index (Phi) is 4.17. The Bertz CT molecular complexity index is 297. The summed E-state index contributed by atoms with van der Waals surface area (Å²) < 4.78 is 43.5. The fourth-order valence-corrected chi connectivity index (χ4v) is 0.994. The molecule has 0 aromatic heterocycles. The van der Waals surface area contributed by atoms with E-state index in [1.165, 1.54) is 14.6 Å². The summed E-state index contributed by atoms with van der Waals surface area (Å²) in [5.41, 5.74) is 1.24.